The summed E-state index contributed by atoms with van der Waals surface area (Å²) in [6.45, 7) is 5.87. The van der Waals surface area contributed by atoms with Crippen LogP contribution in [0.5, 0.6) is 0 Å². The molecule has 3 rings (SSSR count). The molecule has 1 heterocycles. The number of nitrogens with one attached hydrogen (secondary N) is 1. The predicted octanol–water partition coefficient (Wildman–Crippen LogP) is 7.03. The molecule has 3 nitrogen and oxygen atoms in total. The van der Waals surface area contributed by atoms with Gasteiger partial charge in [0.2, 0.25) is 0 Å². The highest BCUT2D eigenvalue weighted by atomic mass is 35.5. The molecular weight excluding hydrogens is 385 g/mol. The fourth-order valence-corrected chi connectivity index (χ4v) is 3.68. The second-order valence-electron chi connectivity index (χ2n) is 6.87. The van der Waals surface area contributed by atoms with Crippen molar-refractivity contribution in [2.75, 3.05) is 12.4 Å². The van der Waals surface area contributed by atoms with Crippen molar-refractivity contribution >= 4 is 33.9 Å². The molecule has 0 aliphatic heterocycles. The largest absolute Gasteiger partial charge is 0.377 e. The van der Waals surface area contributed by atoms with E-state index >= 15 is 0 Å². The van der Waals surface area contributed by atoms with Crippen LogP contribution in [-0.2, 0) is 0 Å². The Kier molecular flexibility index (Phi) is 6.55. The van der Waals surface area contributed by atoms with Crippen molar-refractivity contribution in [1.82, 2.24) is 9.88 Å². The number of allylic oxidation sites excluding steroid dienone is 2. The van der Waals surface area contributed by atoms with Crippen LogP contribution in [0.15, 0.2) is 67.0 Å². The average molecular weight is 410 g/mol. The second kappa shape index (κ2) is 9.10. The van der Waals surface area contributed by atoms with E-state index < -0.39 is 0 Å². The summed E-state index contributed by atoms with van der Waals surface area (Å²) in [7, 11) is 1.98. The fraction of sp³-hybridized carbons (Fsp3) is 0.208. The Labute approximate surface area is 176 Å². The van der Waals surface area contributed by atoms with Gasteiger partial charge in [-0.15, -0.1) is 0 Å². The third kappa shape index (κ3) is 4.43. The summed E-state index contributed by atoms with van der Waals surface area (Å²) in [5.74, 6) is -0.257. The molecule has 0 amide bonds. The summed E-state index contributed by atoms with van der Waals surface area (Å²) >= 11 is 6.41. The quantitative estimate of drug-likeness (QED) is 0.473. The normalized spacial score (nSPS) is 13.1. The molecule has 1 unspecified atom stereocenters. The van der Waals surface area contributed by atoms with Crippen LogP contribution in [0.3, 0.4) is 0 Å². The van der Waals surface area contributed by atoms with E-state index in [2.05, 4.69) is 10.3 Å². The fourth-order valence-electron chi connectivity index (χ4n) is 3.47. The summed E-state index contributed by atoms with van der Waals surface area (Å²) in [6, 6.07) is 12.7. The van der Waals surface area contributed by atoms with Gasteiger partial charge in [0.05, 0.1) is 22.3 Å². The minimum Gasteiger partial charge on any atom is -0.377 e. The lowest BCUT2D eigenvalue weighted by Crippen LogP contribution is -2.12. The smallest absolute Gasteiger partial charge is 0.128 e. The summed E-state index contributed by atoms with van der Waals surface area (Å²) in [5.41, 5.74) is 4.12. The summed E-state index contributed by atoms with van der Waals surface area (Å²) in [5, 5.41) is 4.81. The molecule has 0 fully saturated rings. The minimum absolute atomic E-state index is 0.257. The Morgan fingerprint density at radius 2 is 1.97 bits per heavy atom. The molecule has 3 aromatic rings. The third-order valence-electron chi connectivity index (χ3n) is 4.87. The van der Waals surface area contributed by atoms with Crippen molar-refractivity contribution in [2.24, 2.45) is 0 Å². The van der Waals surface area contributed by atoms with E-state index in [1.807, 2.05) is 81.4 Å². The Hall–Kier alpha value is -2.85. The van der Waals surface area contributed by atoms with Crippen molar-refractivity contribution in [3.63, 3.8) is 0 Å². The van der Waals surface area contributed by atoms with E-state index in [0.717, 1.165) is 27.9 Å². The number of rotatable bonds is 6. The van der Waals surface area contributed by atoms with Crippen LogP contribution in [0, 0.1) is 5.82 Å². The van der Waals surface area contributed by atoms with Crippen LogP contribution in [-0.4, -0.2) is 16.9 Å². The van der Waals surface area contributed by atoms with E-state index in [0.29, 0.717) is 10.6 Å². The molecule has 0 aliphatic carbocycles. The second-order valence-corrected chi connectivity index (χ2v) is 7.28. The van der Waals surface area contributed by atoms with Crippen LogP contribution >= 0.6 is 11.6 Å². The zero-order chi connectivity index (χ0) is 21.0. The van der Waals surface area contributed by atoms with Crippen molar-refractivity contribution in [3.8, 4) is 0 Å². The SMILES string of the molecule is C/C=C\N(C)/C(=C\C)c1ccc(F)c(C(C)Nc2c(Cl)cnc3ccccc23)c1. The molecule has 0 aliphatic rings. The summed E-state index contributed by atoms with van der Waals surface area (Å²) < 4.78 is 14.7. The Bertz CT molecular complexity index is 1070. The van der Waals surface area contributed by atoms with E-state index in [9.17, 15) is 4.39 Å². The number of aromatic nitrogens is 1. The van der Waals surface area contributed by atoms with Crippen molar-refractivity contribution < 1.29 is 4.39 Å². The molecule has 1 aromatic heterocycles. The molecule has 0 spiro atoms. The van der Waals surface area contributed by atoms with Gasteiger partial charge in [-0.2, -0.15) is 0 Å². The standard InChI is InChI=1S/C24H25ClFN3/c1-5-13-29(4)23(6-2)17-11-12-21(26)19(14-17)16(3)28-24-18-9-7-8-10-22(18)27-15-20(24)25/h5-16H,1-4H3,(H,27,28)/b13-5-,23-6-. The van der Waals surface area contributed by atoms with Crippen LogP contribution in [0.1, 0.15) is 37.9 Å². The van der Waals surface area contributed by atoms with Crippen molar-refractivity contribution in [2.45, 2.75) is 26.8 Å². The van der Waals surface area contributed by atoms with Crippen LogP contribution in [0.4, 0.5) is 10.1 Å². The van der Waals surface area contributed by atoms with Crippen molar-refractivity contribution in [3.05, 3.63) is 89.0 Å². The first-order valence-corrected chi connectivity index (χ1v) is 9.95. The van der Waals surface area contributed by atoms with Gasteiger partial charge in [0.1, 0.15) is 5.82 Å². The Morgan fingerprint density at radius 3 is 2.69 bits per heavy atom. The predicted molar refractivity (Wildman–Crippen MR) is 121 cm³/mol. The van der Waals surface area contributed by atoms with Gasteiger partial charge in [-0.05, 0) is 56.8 Å². The van der Waals surface area contributed by atoms with Gasteiger partial charge in [0.15, 0.2) is 0 Å². The van der Waals surface area contributed by atoms with Crippen LogP contribution in [0.2, 0.25) is 5.02 Å². The average Bonchev–Trinajstić information content (AvgIpc) is 2.72. The third-order valence-corrected chi connectivity index (χ3v) is 5.16. The molecule has 0 radical (unpaired) electrons. The monoisotopic (exact) mass is 409 g/mol. The zero-order valence-corrected chi connectivity index (χ0v) is 17.8. The van der Waals surface area contributed by atoms with E-state index in [1.165, 1.54) is 6.07 Å². The van der Waals surface area contributed by atoms with Gasteiger partial charge < -0.3 is 10.2 Å². The highest BCUT2D eigenvalue weighted by molar-refractivity contribution is 6.34. The highest BCUT2D eigenvalue weighted by Gasteiger charge is 2.17. The van der Waals surface area contributed by atoms with Crippen LogP contribution in [0.25, 0.3) is 16.6 Å². The lowest BCUT2D eigenvalue weighted by atomic mass is 10.0. The highest BCUT2D eigenvalue weighted by Crippen LogP contribution is 2.33. The molecule has 0 saturated carbocycles. The molecule has 2 aromatic carbocycles. The van der Waals surface area contributed by atoms with Gasteiger partial charge >= 0.3 is 0 Å². The summed E-state index contributed by atoms with van der Waals surface area (Å²) in [6.07, 6.45) is 7.58. The number of hydrogen-bond donors (Lipinski definition) is 1. The number of anilines is 1. The van der Waals surface area contributed by atoms with Gasteiger partial charge in [-0.1, -0.05) is 42.0 Å². The number of halogens is 2. The molecule has 1 atom stereocenters. The lowest BCUT2D eigenvalue weighted by molar-refractivity contribution is 0.598. The molecule has 5 heteroatoms. The molecule has 1 N–H and O–H groups in total. The first-order valence-electron chi connectivity index (χ1n) is 9.57. The maximum Gasteiger partial charge on any atom is 0.128 e. The maximum absolute atomic E-state index is 14.7. The topological polar surface area (TPSA) is 28.2 Å². The first kappa shape index (κ1) is 20.9. The maximum atomic E-state index is 14.7. The summed E-state index contributed by atoms with van der Waals surface area (Å²) in [4.78, 5) is 6.38. The number of nitrogens with zero attached hydrogens (tertiary/aromatic N) is 2. The number of hydrogen-bond acceptors (Lipinski definition) is 3. The molecule has 0 bridgehead atoms. The molecular formula is C24H25ClFN3. The van der Waals surface area contributed by atoms with E-state index in [-0.39, 0.29) is 11.9 Å². The first-order chi connectivity index (χ1) is 14.0. The molecule has 0 saturated heterocycles. The van der Waals surface area contributed by atoms with Gasteiger partial charge in [-0.3, -0.25) is 4.98 Å². The van der Waals surface area contributed by atoms with Crippen LogP contribution < -0.4 is 5.32 Å². The lowest BCUT2D eigenvalue weighted by Gasteiger charge is -2.22. The number of fused-ring (bicyclic) bond motifs is 1. The van der Waals surface area contributed by atoms with Gasteiger partial charge in [0.25, 0.3) is 0 Å². The zero-order valence-electron chi connectivity index (χ0n) is 17.1. The van der Waals surface area contributed by atoms with Gasteiger partial charge in [-0.25, -0.2) is 4.39 Å². The van der Waals surface area contributed by atoms with E-state index in [1.54, 1.807) is 12.3 Å². The molecule has 29 heavy (non-hydrogen) atoms. The Morgan fingerprint density at radius 1 is 1.21 bits per heavy atom. The number of pyridine rings is 1. The Balaban J connectivity index is 1.98. The number of benzene rings is 2. The van der Waals surface area contributed by atoms with E-state index in [4.69, 9.17) is 11.6 Å². The number of para-hydroxylation sites is 1. The minimum atomic E-state index is -0.289. The van der Waals surface area contributed by atoms with Gasteiger partial charge in [0, 0.05) is 29.9 Å². The molecule has 150 valence electrons. The van der Waals surface area contributed by atoms with Crippen molar-refractivity contribution in [1.29, 1.82) is 0 Å².